The van der Waals surface area contributed by atoms with Gasteiger partial charge in [-0.05, 0) is 75.6 Å². The molecule has 2 amide bonds. The summed E-state index contributed by atoms with van der Waals surface area (Å²) in [7, 11) is 0. The van der Waals surface area contributed by atoms with Crippen LogP contribution < -0.4 is 15.5 Å². The molecule has 2 bridgehead atoms. The molecule has 0 radical (unpaired) electrons. The topological polar surface area (TPSA) is 117 Å². The van der Waals surface area contributed by atoms with Crippen molar-refractivity contribution in [3.63, 3.8) is 0 Å². The van der Waals surface area contributed by atoms with Gasteiger partial charge in [-0.15, -0.1) is 0 Å². The maximum absolute atomic E-state index is 12.1. The van der Waals surface area contributed by atoms with Crippen LogP contribution in [0.4, 0.5) is 16.3 Å². The van der Waals surface area contributed by atoms with Gasteiger partial charge in [0.1, 0.15) is 5.82 Å². The molecule has 194 valence electrons. The zero-order valence-electron chi connectivity index (χ0n) is 20.8. The van der Waals surface area contributed by atoms with Gasteiger partial charge < -0.3 is 25.4 Å². The second kappa shape index (κ2) is 9.25. The Morgan fingerprint density at radius 3 is 2.38 bits per heavy atom. The highest BCUT2D eigenvalue weighted by molar-refractivity contribution is 5.91. The Morgan fingerprint density at radius 2 is 1.68 bits per heavy atom. The van der Waals surface area contributed by atoms with Crippen LogP contribution in [0.3, 0.4) is 0 Å². The first-order valence-corrected chi connectivity index (χ1v) is 13.6. The summed E-state index contributed by atoms with van der Waals surface area (Å²) >= 11 is 0. The monoisotopic (exact) mass is 503 g/mol. The molecule has 3 aromatic rings. The van der Waals surface area contributed by atoms with Crippen LogP contribution in [0.15, 0.2) is 30.5 Å². The van der Waals surface area contributed by atoms with Crippen molar-refractivity contribution in [1.29, 1.82) is 0 Å². The minimum absolute atomic E-state index is 0.168. The number of benzene rings is 1. The van der Waals surface area contributed by atoms with Crippen molar-refractivity contribution >= 4 is 28.6 Å². The number of aromatic nitrogens is 4. The first-order valence-electron chi connectivity index (χ1n) is 13.6. The van der Waals surface area contributed by atoms with Gasteiger partial charge in [0.2, 0.25) is 0 Å². The van der Waals surface area contributed by atoms with E-state index < -0.39 is 0 Å². The number of hydrogen-bond acceptors (Lipinski definition) is 7. The van der Waals surface area contributed by atoms with Gasteiger partial charge in [0.25, 0.3) is 0 Å². The molecule has 3 N–H and O–H groups in total. The third-order valence-corrected chi connectivity index (χ3v) is 8.10. The van der Waals surface area contributed by atoms with Crippen LogP contribution in [-0.2, 0) is 4.74 Å². The Kier molecular flexibility index (Phi) is 5.73. The Labute approximate surface area is 215 Å². The SMILES string of the molecule is O=C(Nc1ccc(-c2nc(N3CC4CCC(C3)O4)c3cnn(C4CCC(O)CC4)c3n2)cc1)NC1CC1. The quantitative estimate of drug-likeness (QED) is 0.487. The number of anilines is 2. The molecule has 2 aromatic heterocycles. The Hall–Kier alpha value is -3.24. The molecule has 2 aliphatic heterocycles. The van der Waals surface area contributed by atoms with E-state index >= 15 is 0 Å². The van der Waals surface area contributed by atoms with E-state index in [0.29, 0.717) is 11.9 Å². The summed E-state index contributed by atoms with van der Waals surface area (Å²) in [6, 6.07) is 8.06. The second-order valence-corrected chi connectivity index (χ2v) is 11.0. The summed E-state index contributed by atoms with van der Waals surface area (Å²) in [6.07, 6.45) is 9.80. The van der Waals surface area contributed by atoms with E-state index in [1.54, 1.807) is 0 Å². The van der Waals surface area contributed by atoms with Gasteiger partial charge in [-0.25, -0.2) is 19.4 Å². The Bertz CT molecular complexity index is 1290. The Morgan fingerprint density at radius 1 is 0.946 bits per heavy atom. The van der Waals surface area contributed by atoms with E-state index in [2.05, 4.69) is 15.5 Å². The van der Waals surface area contributed by atoms with Gasteiger partial charge in [-0.3, -0.25) is 0 Å². The number of morpholine rings is 1. The van der Waals surface area contributed by atoms with Gasteiger partial charge in [-0.2, -0.15) is 5.10 Å². The average Bonchev–Trinajstić information content (AvgIpc) is 3.51. The van der Waals surface area contributed by atoms with Crippen molar-refractivity contribution < 1.29 is 14.6 Å². The average molecular weight is 504 g/mol. The summed E-state index contributed by atoms with van der Waals surface area (Å²) in [5.41, 5.74) is 2.46. The molecule has 10 nitrogen and oxygen atoms in total. The van der Waals surface area contributed by atoms with Crippen LogP contribution in [0, 0.1) is 0 Å². The summed E-state index contributed by atoms with van der Waals surface area (Å²) < 4.78 is 8.13. The van der Waals surface area contributed by atoms with Gasteiger partial charge in [0.05, 0.1) is 35.9 Å². The number of amides is 2. The molecule has 10 heteroatoms. The number of fused-ring (bicyclic) bond motifs is 3. The predicted molar refractivity (Wildman–Crippen MR) is 140 cm³/mol. The van der Waals surface area contributed by atoms with Crippen LogP contribution in [-0.4, -0.2) is 68.3 Å². The highest BCUT2D eigenvalue weighted by atomic mass is 16.5. The van der Waals surface area contributed by atoms with Gasteiger partial charge in [0.15, 0.2) is 11.5 Å². The molecule has 2 unspecified atom stereocenters. The van der Waals surface area contributed by atoms with Gasteiger partial charge in [-0.1, -0.05) is 0 Å². The Balaban J connectivity index is 1.23. The third-order valence-electron chi connectivity index (χ3n) is 8.10. The smallest absolute Gasteiger partial charge is 0.319 e. The predicted octanol–water partition coefficient (Wildman–Crippen LogP) is 3.62. The fraction of sp³-hybridized carbons (Fsp3) is 0.556. The lowest BCUT2D eigenvalue weighted by atomic mass is 9.93. The molecule has 2 saturated heterocycles. The van der Waals surface area contributed by atoms with Crippen molar-refractivity contribution in [2.45, 2.75) is 81.8 Å². The van der Waals surface area contributed by atoms with E-state index in [9.17, 15) is 9.90 Å². The molecular weight excluding hydrogens is 470 g/mol. The van der Waals surface area contributed by atoms with Crippen LogP contribution in [0.1, 0.15) is 57.4 Å². The molecule has 37 heavy (non-hydrogen) atoms. The number of carbonyl (C=O) groups is 1. The minimum atomic E-state index is -0.221. The molecule has 2 atom stereocenters. The van der Waals surface area contributed by atoms with Crippen molar-refractivity contribution in [3.05, 3.63) is 30.5 Å². The normalized spacial score (nSPS) is 27.4. The number of hydrogen-bond donors (Lipinski definition) is 3. The van der Waals surface area contributed by atoms with E-state index in [0.717, 1.165) is 92.6 Å². The van der Waals surface area contributed by atoms with Crippen molar-refractivity contribution in [2.24, 2.45) is 0 Å². The summed E-state index contributed by atoms with van der Waals surface area (Å²) in [6.45, 7) is 1.64. The summed E-state index contributed by atoms with van der Waals surface area (Å²) in [4.78, 5) is 24.6. The first kappa shape index (κ1) is 22.9. The molecule has 1 aromatic carbocycles. The van der Waals surface area contributed by atoms with E-state index in [1.807, 2.05) is 35.1 Å². The zero-order chi connectivity index (χ0) is 24.9. The van der Waals surface area contributed by atoms with E-state index in [1.165, 1.54) is 0 Å². The maximum atomic E-state index is 12.1. The van der Waals surface area contributed by atoms with Crippen molar-refractivity contribution in [3.8, 4) is 11.4 Å². The molecular formula is C27H33N7O3. The summed E-state index contributed by atoms with van der Waals surface area (Å²) in [5, 5.41) is 21.6. The number of nitrogens with zero attached hydrogens (tertiary/aromatic N) is 5. The number of carbonyl (C=O) groups excluding carboxylic acids is 1. The maximum Gasteiger partial charge on any atom is 0.319 e. The molecule has 4 aliphatic rings. The van der Waals surface area contributed by atoms with Crippen LogP contribution in [0.5, 0.6) is 0 Å². The van der Waals surface area contributed by atoms with E-state index in [-0.39, 0.29) is 30.4 Å². The fourth-order valence-corrected chi connectivity index (χ4v) is 5.92. The van der Waals surface area contributed by atoms with Crippen molar-refractivity contribution in [1.82, 2.24) is 25.1 Å². The number of aliphatic hydroxyl groups excluding tert-OH is 1. The molecule has 4 heterocycles. The fourth-order valence-electron chi connectivity index (χ4n) is 5.92. The second-order valence-electron chi connectivity index (χ2n) is 11.0. The lowest BCUT2D eigenvalue weighted by molar-refractivity contribution is 0.0303. The lowest BCUT2D eigenvalue weighted by Gasteiger charge is -2.33. The van der Waals surface area contributed by atoms with Gasteiger partial charge in [0, 0.05) is 30.4 Å². The minimum Gasteiger partial charge on any atom is -0.393 e. The highest BCUT2D eigenvalue weighted by Gasteiger charge is 2.36. The zero-order valence-corrected chi connectivity index (χ0v) is 20.8. The highest BCUT2D eigenvalue weighted by Crippen LogP contribution is 2.36. The first-order chi connectivity index (χ1) is 18.1. The molecule has 7 rings (SSSR count). The third kappa shape index (κ3) is 4.64. The lowest BCUT2D eigenvalue weighted by Crippen LogP contribution is -2.43. The molecule has 2 aliphatic carbocycles. The number of nitrogens with one attached hydrogen (secondary N) is 2. The molecule has 0 spiro atoms. The molecule has 4 fully saturated rings. The number of urea groups is 1. The summed E-state index contributed by atoms with van der Waals surface area (Å²) in [5.74, 6) is 1.56. The van der Waals surface area contributed by atoms with Crippen LogP contribution in [0.25, 0.3) is 22.4 Å². The number of aliphatic hydroxyl groups is 1. The van der Waals surface area contributed by atoms with Crippen LogP contribution in [0.2, 0.25) is 0 Å². The van der Waals surface area contributed by atoms with Crippen LogP contribution >= 0.6 is 0 Å². The van der Waals surface area contributed by atoms with Crippen molar-refractivity contribution in [2.75, 3.05) is 23.3 Å². The van der Waals surface area contributed by atoms with Gasteiger partial charge >= 0.3 is 6.03 Å². The number of rotatable bonds is 5. The molecule has 2 saturated carbocycles. The number of ether oxygens (including phenoxy) is 1. The van der Waals surface area contributed by atoms with E-state index in [4.69, 9.17) is 19.8 Å². The standard InChI is InChI=1S/C27H33N7O3/c35-20-9-7-19(8-10-20)34-26-23(13-28-34)25(33-14-21-11-12-22(15-33)37-21)31-24(32-26)16-1-3-17(4-2-16)29-27(36)30-18-5-6-18/h1-4,13,18-22,35H,5-12,14-15H2,(H2,29,30,36). The largest absolute Gasteiger partial charge is 0.393 e.